The lowest BCUT2D eigenvalue weighted by Gasteiger charge is -2.11. The molecule has 0 atom stereocenters. The highest BCUT2D eigenvalue weighted by Gasteiger charge is 2.06. The van der Waals surface area contributed by atoms with Crippen LogP contribution >= 0.6 is 11.6 Å². The highest BCUT2D eigenvalue weighted by molar-refractivity contribution is 6.33. The second-order valence-corrected chi connectivity index (χ2v) is 4.59. The molecule has 0 aliphatic rings. The summed E-state index contributed by atoms with van der Waals surface area (Å²) in [5.41, 5.74) is 2.09. The lowest BCUT2D eigenvalue weighted by atomic mass is 10.2. The normalized spacial score (nSPS) is 10.6. The van der Waals surface area contributed by atoms with Crippen LogP contribution in [0.4, 0.5) is 5.69 Å². The number of aryl methyl sites for hydroxylation is 2. The third-order valence-corrected chi connectivity index (χ3v) is 3.09. The van der Waals surface area contributed by atoms with E-state index in [1.54, 1.807) is 6.33 Å². The summed E-state index contributed by atoms with van der Waals surface area (Å²) in [6.07, 6.45) is 2.63. The third kappa shape index (κ3) is 2.82. The molecule has 0 saturated heterocycles. The van der Waals surface area contributed by atoms with Crippen LogP contribution in [0.1, 0.15) is 24.7 Å². The SMILES string of the molecule is CCCn1ncnc1CNc1c(C)cccc1Cl. The van der Waals surface area contributed by atoms with Crippen molar-refractivity contribution in [3.05, 3.63) is 40.9 Å². The quantitative estimate of drug-likeness (QED) is 0.901. The summed E-state index contributed by atoms with van der Waals surface area (Å²) >= 11 is 6.17. The first-order chi connectivity index (χ1) is 8.72. The van der Waals surface area contributed by atoms with E-state index >= 15 is 0 Å². The maximum absolute atomic E-state index is 6.17. The van der Waals surface area contributed by atoms with Crippen molar-refractivity contribution in [1.82, 2.24) is 14.8 Å². The fraction of sp³-hybridized carbons (Fsp3) is 0.385. The molecule has 1 aromatic heterocycles. The average Bonchev–Trinajstić information content (AvgIpc) is 2.77. The van der Waals surface area contributed by atoms with E-state index in [-0.39, 0.29) is 0 Å². The number of rotatable bonds is 5. The molecular weight excluding hydrogens is 248 g/mol. The monoisotopic (exact) mass is 264 g/mol. The summed E-state index contributed by atoms with van der Waals surface area (Å²) in [6, 6.07) is 5.86. The minimum Gasteiger partial charge on any atom is -0.376 e. The van der Waals surface area contributed by atoms with Crippen LogP contribution in [0.5, 0.6) is 0 Å². The molecule has 0 aliphatic carbocycles. The van der Waals surface area contributed by atoms with Crippen molar-refractivity contribution < 1.29 is 0 Å². The molecule has 5 heteroatoms. The molecule has 0 fully saturated rings. The Bertz CT molecular complexity index is 501. The molecule has 1 heterocycles. The van der Waals surface area contributed by atoms with E-state index in [0.717, 1.165) is 35.1 Å². The molecule has 0 bridgehead atoms. The molecule has 0 radical (unpaired) electrons. The Hall–Kier alpha value is -1.55. The maximum Gasteiger partial charge on any atom is 0.146 e. The predicted octanol–water partition coefficient (Wildman–Crippen LogP) is 3.26. The number of anilines is 1. The smallest absolute Gasteiger partial charge is 0.146 e. The second kappa shape index (κ2) is 5.87. The summed E-state index contributed by atoms with van der Waals surface area (Å²) < 4.78 is 1.92. The van der Waals surface area contributed by atoms with Gasteiger partial charge in [0.25, 0.3) is 0 Å². The predicted molar refractivity (Wildman–Crippen MR) is 73.8 cm³/mol. The first-order valence-corrected chi connectivity index (χ1v) is 6.46. The van der Waals surface area contributed by atoms with Gasteiger partial charge in [0, 0.05) is 6.54 Å². The Balaban J connectivity index is 2.09. The van der Waals surface area contributed by atoms with Gasteiger partial charge in [0.1, 0.15) is 12.2 Å². The molecule has 0 aliphatic heterocycles. The lowest BCUT2D eigenvalue weighted by molar-refractivity contribution is 0.574. The zero-order valence-corrected chi connectivity index (χ0v) is 11.4. The fourth-order valence-corrected chi connectivity index (χ4v) is 2.14. The molecule has 0 spiro atoms. The summed E-state index contributed by atoms with van der Waals surface area (Å²) in [5, 5.41) is 8.26. The first kappa shape index (κ1) is 12.9. The largest absolute Gasteiger partial charge is 0.376 e. The summed E-state index contributed by atoms with van der Waals surface area (Å²) in [5.74, 6) is 0.927. The zero-order chi connectivity index (χ0) is 13.0. The molecular formula is C13H17ClN4. The van der Waals surface area contributed by atoms with Crippen molar-refractivity contribution >= 4 is 17.3 Å². The number of halogens is 1. The van der Waals surface area contributed by atoms with Crippen LogP contribution in [-0.2, 0) is 13.1 Å². The van der Waals surface area contributed by atoms with Gasteiger partial charge >= 0.3 is 0 Å². The highest BCUT2D eigenvalue weighted by Crippen LogP contribution is 2.25. The molecule has 2 rings (SSSR count). The summed E-state index contributed by atoms with van der Waals surface area (Å²) in [6.45, 7) is 5.67. The molecule has 4 nitrogen and oxygen atoms in total. The number of benzene rings is 1. The van der Waals surface area contributed by atoms with Gasteiger partial charge in [-0.05, 0) is 25.0 Å². The van der Waals surface area contributed by atoms with Crippen LogP contribution in [-0.4, -0.2) is 14.8 Å². The van der Waals surface area contributed by atoms with Gasteiger partial charge in [0.05, 0.1) is 17.3 Å². The summed E-state index contributed by atoms with van der Waals surface area (Å²) in [4.78, 5) is 4.26. The van der Waals surface area contributed by atoms with Crippen LogP contribution in [0.15, 0.2) is 24.5 Å². The van der Waals surface area contributed by atoms with Crippen LogP contribution in [0, 0.1) is 6.92 Å². The maximum atomic E-state index is 6.17. The van der Waals surface area contributed by atoms with Crippen molar-refractivity contribution in [2.75, 3.05) is 5.32 Å². The van der Waals surface area contributed by atoms with E-state index in [2.05, 4.69) is 22.3 Å². The van der Waals surface area contributed by atoms with Crippen LogP contribution < -0.4 is 5.32 Å². The van der Waals surface area contributed by atoms with Gasteiger partial charge in [-0.15, -0.1) is 0 Å². The number of hydrogen-bond acceptors (Lipinski definition) is 3. The van der Waals surface area contributed by atoms with E-state index in [9.17, 15) is 0 Å². The van der Waals surface area contributed by atoms with E-state index in [1.807, 2.05) is 29.8 Å². The standard InChI is InChI=1S/C13H17ClN4/c1-3-7-18-12(16-9-17-18)8-15-13-10(2)5-4-6-11(13)14/h4-6,9,15H,3,7-8H2,1-2H3. The van der Waals surface area contributed by atoms with Crippen LogP contribution in [0.3, 0.4) is 0 Å². The number of para-hydroxylation sites is 1. The van der Waals surface area contributed by atoms with Gasteiger partial charge in [-0.1, -0.05) is 30.7 Å². The minimum absolute atomic E-state index is 0.630. The van der Waals surface area contributed by atoms with Crippen LogP contribution in [0.2, 0.25) is 5.02 Å². The number of aromatic nitrogens is 3. The number of nitrogens with one attached hydrogen (secondary N) is 1. The molecule has 18 heavy (non-hydrogen) atoms. The number of hydrogen-bond donors (Lipinski definition) is 1. The Labute approximate surface area is 112 Å². The van der Waals surface area contributed by atoms with Gasteiger partial charge in [0.15, 0.2) is 0 Å². The van der Waals surface area contributed by atoms with Crippen LogP contribution in [0.25, 0.3) is 0 Å². The van der Waals surface area contributed by atoms with Gasteiger partial charge in [-0.2, -0.15) is 5.10 Å². The van der Waals surface area contributed by atoms with Crippen molar-refractivity contribution in [2.24, 2.45) is 0 Å². The molecule has 1 aromatic carbocycles. The van der Waals surface area contributed by atoms with Crippen molar-refractivity contribution in [2.45, 2.75) is 33.4 Å². The molecule has 1 N–H and O–H groups in total. The molecule has 2 aromatic rings. The van der Waals surface area contributed by atoms with Crippen molar-refractivity contribution in [3.63, 3.8) is 0 Å². The molecule has 0 saturated carbocycles. The van der Waals surface area contributed by atoms with E-state index < -0.39 is 0 Å². The van der Waals surface area contributed by atoms with Gasteiger partial charge < -0.3 is 5.32 Å². The van der Waals surface area contributed by atoms with E-state index in [1.165, 1.54) is 0 Å². The zero-order valence-electron chi connectivity index (χ0n) is 10.7. The van der Waals surface area contributed by atoms with Gasteiger partial charge in [-0.25, -0.2) is 9.67 Å². The van der Waals surface area contributed by atoms with Crippen molar-refractivity contribution in [3.8, 4) is 0 Å². The molecule has 0 unspecified atom stereocenters. The first-order valence-electron chi connectivity index (χ1n) is 6.08. The van der Waals surface area contributed by atoms with E-state index in [0.29, 0.717) is 6.54 Å². The molecule has 96 valence electrons. The van der Waals surface area contributed by atoms with Gasteiger partial charge in [-0.3, -0.25) is 0 Å². The van der Waals surface area contributed by atoms with E-state index in [4.69, 9.17) is 11.6 Å². The molecule has 0 amide bonds. The average molecular weight is 265 g/mol. The second-order valence-electron chi connectivity index (χ2n) is 4.18. The minimum atomic E-state index is 0.630. The topological polar surface area (TPSA) is 42.7 Å². The number of nitrogens with zero attached hydrogens (tertiary/aromatic N) is 3. The van der Waals surface area contributed by atoms with Gasteiger partial charge in [0.2, 0.25) is 0 Å². The lowest BCUT2D eigenvalue weighted by Crippen LogP contribution is -2.10. The Morgan fingerprint density at radius 2 is 2.22 bits per heavy atom. The van der Waals surface area contributed by atoms with Crippen molar-refractivity contribution in [1.29, 1.82) is 0 Å². The Kier molecular flexibility index (Phi) is 4.20. The Morgan fingerprint density at radius 1 is 1.39 bits per heavy atom. The fourth-order valence-electron chi connectivity index (χ4n) is 1.85. The highest BCUT2D eigenvalue weighted by atomic mass is 35.5. The summed E-state index contributed by atoms with van der Waals surface area (Å²) in [7, 11) is 0. The third-order valence-electron chi connectivity index (χ3n) is 2.78. The Morgan fingerprint density at radius 3 is 2.94 bits per heavy atom.